The fourth-order valence-corrected chi connectivity index (χ4v) is 3.29. The Kier molecular flexibility index (Phi) is 3.34. The molecule has 2 aromatic rings. The van der Waals surface area contributed by atoms with Crippen LogP contribution in [0.2, 0.25) is 0 Å². The first-order valence-corrected chi connectivity index (χ1v) is 7.58. The number of halogens is 2. The van der Waals surface area contributed by atoms with Crippen molar-refractivity contribution in [1.82, 2.24) is 14.3 Å². The van der Waals surface area contributed by atoms with Crippen molar-refractivity contribution in [2.75, 3.05) is 13.1 Å². The maximum Gasteiger partial charge on any atom is 0.318 e. The van der Waals surface area contributed by atoms with E-state index in [4.69, 9.17) is 0 Å². The molecule has 0 radical (unpaired) electrons. The number of alkyl halides is 2. The average Bonchev–Trinajstić information content (AvgIpc) is 2.70. The summed E-state index contributed by atoms with van der Waals surface area (Å²) in [5.41, 5.74) is 2.11. The van der Waals surface area contributed by atoms with Crippen LogP contribution in [-0.2, 0) is 6.54 Å². The molecule has 0 saturated carbocycles. The van der Waals surface area contributed by atoms with Crippen molar-refractivity contribution in [3.63, 3.8) is 0 Å². The summed E-state index contributed by atoms with van der Waals surface area (Å²) < 4.78 is 29.4. The van der Waals surface area contributed by atoms with Gasteiger partial charge in [-0.1, -0.05) is 6.07 Å². The van der Waals surface area contributed by atoms with Crippen molar-refractivity contribution in [3.8, 4) is 0 Å². The standard InChI is InChI=1S/C13H14F2N3.Al.2H/c14-13(15)4-7-17(8-5-13)9-11-12-3-1-2-6-18(12)10-16-11;;;/h1-3,6H,4-5,7-9H2;;;. The number of likely N-dealkylation sites (tertiary alicyclic amines) is 1. The van der Waals surface area contributed by atoms with Crippen LogP contribution in [0.4, 0.5) is 8.78 Å². The van der Waals surface area contributed by atoms with Gasteiger partial charge in [0.15, 0.2) is 0 Å². The molecule has 2 aromatic heterocycles. The summed E-state index contributed by atoms with van der Waals surface area (Å²) in [7, 11) is 0. The molecular weight excluding hydrogens is 263 g/mol. The molecule has 0 bridgehead atoms. The lowest BCUT2D eigenvalue weighted by atomic mass is 10.1. The van der Waals surface area contributed by atoms with Crippen LogP contribution in [-0.4, -0.2) is 49.6 Å². The van der Waals surface area contributed by atoms with E-state index in [2.05, 4.69) is 14.3 Å². The van der Waals surface area contributed by atoms with E-state index < -0.39 is 5.92 Å². The predicted octanol–water partition coefficient (Wildman–Crippen LogP) is 0.824. The van der Waals surface area contributed by atoms with Gasteiger partial charge in [0.2, 0.25) is 0 Å². The minimum absolute atomic E-state index is 0.0352. The molecule has 0 unspecified atom stereocenters. The van der Waals surface area contributed by atoms with Crippen LogP contribution in [0, 0.1) is 0 Å². The van der Waals surface area contributed by atoms with Crippen molar-refractivity contribution in [2.45, 2.75) is 25.3 Å². The Bertz CT molecular complexity index is 587. The van der Waals surface area contributed by atoms with Crippen LogP contribution in [0.25, 0.3) is 5.52 Å². The maximum atomic E-state index is 13.1. The molecule has 0 atom stereocenters. The number of hydrogen-bond acceptors (Lipinski definition) is 2. The third-order valence-corrected chi connectivity index (χ3v) is 4.47. The molecule has 0 amide bonds. The Morgan fingerprint density at radius 3 is 2.74 bits per heavy atom. The summed E-state index contributed by atoms with van der Waals surface area (Å²) in [4.78, 5) is 6.69. The van der Waals surface area contributed by atoms with Crippen molar-refractivity contribution < 1.29 is 8.78 Å². The van der Waals surface area contributed by atoms with Crippen molar-refractivity contribution >= 4 is 26.5 Å². The number of piperidine rings is 1. The number of hydrogen-bond donors (Lipinski definition) is 0. The molecule has 0 aromatic carbocycles. The van der Waals surface area contributed by atoms with Crippen molar-refractivity contribution in [1.29, 1.82) is 0 Å². The van der Waals surface area contributed by atoms with Crippen LogP contribution >= 0.6 is 0 Å². The first-order chi connectivity index (χ1) is 9.05. The fourth-order valence-electron chi connectivity index (χ4n) is 2.63. The Balaban J connectivity index is 1.79. The molecular formula is C13H16AlF2N3. The first kappa shape index (κ1) is 13.0. The van der Waals surface area contributed by atoms with Crippen LogP contribution in [0.15, 0.2) is 24.4 Å². The van der Waals surface area contributed by atoms with Crippen LogP contribution in [0.3, 0.4) is 0 Å². The number of fused-ring (bicyclic) bond motifs is 1. The van der Waals surface area contributed by atoms with Gasteiger partial charge in [-0.15, -0.1) is 0 Å². The Labute approximate surface area is 118 Å². The Hall–Kier alpha value is -0.958. The number of rotatable bonds is 2. The van der Waals surface area contributed by atoms with Gasteiger partial charge < -0.3 is 4.40 Å². The lowest BCUT2D eigenvalue weighted by Crippen LogP contribution is -2.39. The molecule has 3 rings (SSSR count). The number of aromatic nitrogens is 2. The molecule has 0 aliphatic carbocycles. The van der Waals surface area contributed by atoms with E-state index >= 15 is 0 Å². The molecule has 1 aliphatic rings. The molecule has 19 heavy (non-hydrogen) atoms. The largest absolute Gasteiger partial charge is 0.320 e. The average molecular weight is 279 g/mol. The number of pyridine rings is 1. The second kappa shape index (κ2) is 4.86. The van der Waals surface area contributed by atoms with E-state index in [0.29, 0.717) is 19.6 Å². The van der Waals surface area contributed by atoms with E-state index in [-0.39, 0.29) is 12.8 Å². The second-order valence-electron chi connectivity index (χ2n) is 5.19. The van der Waals surface area contributed by atoms with Gasteiger partial charge in [0, 0.05) is 43.4 Å². The van der Waals surface area contributed by atoms with E-state index in [1.807, 2.05) is 24.4 Å². The van der Waals surface area contributed by atoms with Crippen LogP contribution < -0.4 is 4.69 Å². The summed E-state index contributed by atoms with van der Waals surface area (Å²) in [5.74, 6) is -2.48. The molecule has 0 spiro atoms. The summed E-state index contributed by atoms with van der Waals surface area (Å²) in [5, 5.41) is 0. The van der Waals surface area contributed by atoms with Crippen LogP contribution in [0.1, 0.15) is 18.5 Å². The lowest BCUT2D eigenvalue weighted by molar-refractivity contribution is -0.0567. The second-order valence-corrected chi connectivity index (χ2v) is 6.09. The molecule has 3 heterocycles. The molecule has 0 N–H and O–H groups in total. The summed E-state index contributed by atoms with van der Waals surface area (Å²) in [6.45, 7) is 1.58. The normalized spacial score (nSPS) is 19.9. The highest BCUT2D eigenvalue weighted by Crippen LogP contribution is 2.28. The Morgan fingerprint density at radius 2 is 2.00 bits per heavy atom. The van der Waals surface area contributed by atoms with Gasteiger partial charge in [-0.25, -0.2) is 8.78 Å². The first-order valence-electron chi connectivity index (χ1n) is 6.58. The summed E-state index contributed by atoms with van der Waals surface area (Å²) >= 11 is 0.882. The molecule has 100 valence electrons. The SMILES string of the molecule is FC1(F)CCN(Cc2n[c]([AlH2])n3ccccc23)CC1. The van der Waals surface area contributed by atoms with Gasteiger partial charge in [-0.2, -0.15) is 0 Å². The van der Waals surface area contributed by atoms with E-state index in [1.165, 1.54) is 0 Å². The molecule has 6 heteroatoms. The smallest absolute Gasteiger partial charge is 0.318 e. The topological polar surface area (TPSA) is 20.5 Å². The summed E-state index contributed by atoms with van der Waals surface area (Å²) in [6, 6.07) is 6.02. The highest BCUT2D eigenvalue weighted by atomic mass is 27.0. The fraction of sp³-hybridized carbons (Fsp3) is 0.462. The van der Waals surface area contributed by atoms with Crippen molar-refractivity contribution in [3.05, 3.63) is 30.1 Å². The van der Waals surface area contributed by atoms with Gasteiger partial charge in [0.05, 0.1) is 11.2 Å². The zero-order chi connectivity index (χ0) is 13.5. The zero-order valence-electron chi connectivity index (χ0n) is 10.9. The summed E-state index contributed by atoms with van der Waals surface area (Å²) in [6.07, 6.45) is 1.94. The third-order valence-electron chi connectivity index (χ3n) is 3.76. The van der Waals surface area contributed by atoms with Gasteiger partial charge >= 0.3 is 16.3 Å². The quantitative estimate of drug-likeness (QED) is 0.759. The Morgan fingerprint density at radius 1 is 1.26 bits per heavy atom. The van der Waals surface area contributed by atoms with Crippen molar-refractivity contribution in [2.24, 2.45) is 0 Å². The van der Waals surface area contributed by atoms with Gasteiger partial charge in [0.1, 0.15) is 0 Å². The maximum absolute atomic E-state index is 13.1. The highest BCUT2D eigenvalue weighted by molar-refractivity contribution is 6.29. The van der Waals surface area contributed by atoms with Gasteiger partial charge in [-0.3, -0.25) is 9.88 Å². The minimum Gasteiger partial charge on any atom is -0.320 e. The highest BCUT2D eigenvalue weighted by Gasteiger charge is 2.34. The van der Waals surface area contributed by atoms with E-state index in [1.54, 1.807) is 0 Å². The molecule has 3 nitrogen and oxygen atoms in total. The van der Waals surface area contributed by atoms with Gasteiger partial charge in [-0.05, 0) is 12.1 Å². The zero-order valence-corrected chi connectivity index (χ0v) is 12.9. The number of nitrogens with zero attached hydrogens (tertiary/aromatic N) is 3. The lowest BCUT2D eigenvalue weighted by Gasteiger charge is -2.31. The van der Waals surface area contributed by atoms with Gasteiger partial charge in [0.25, 0.3) is 5.92 Å². The van der Waals surface area contributed by atoms with E-state index in [9.17, 15) is 8.78 Å². The third kappa shape index (κ3) is 2.66. The van der Waals surface area contributed by atoms with Crippen LogP contribution in [0.5, 0.6) is 0 Å². The monoisotopic (exact) mass is 279 g/mol. The minimum atomic E-state index is -2.48. The predicted molar refractivity (Wildman–Crippen MR) is 72.8 cm³/mol. The molecule has 1 aliphatic heterocycles. The molecule has 1 fully saturated rings. The van der Waals surface area contributed by atoms with E-state index in [0.717, 1.165) is 32.2 Å². The number of imidazole rings is 1. The molecule has 1 saturated heterocycles.